The molecule has 0 saturated heterocycles. The summed E-state index contributed by atoms with van der Waals surface area (Å²) in [7, 11) is 1.27. The Hall–Kier alpha value is -6.18. The molecule has 14 nitrogen and oxygen atoms in total. The molecule has 4 amide bonds. The van der Waals surface area contributed by atoms with Crippen molar-refractivity contribution in [3.05, 3.63) is 90.1 Å². The Morgan fingerprint density at radius 3 is 2.15 bits per heavy atom. The highest BCUT2D eigenvalue weighted by molar-refractivity contribution is 6.00. The van der Waals surface area contributed by atoms with Crippen molar-refractivity contribution < 1.29 is 43.3 Å². The Balaban J connectivity index is 1.50. The van der Waals surface area contributed by atoms with Gasteiger partial charge in [0, 0.05) is 31.1 Å². The molecule has 3 aromatic carbocycles. The predicted molar refractivity (Wildman–Crippen MR) is 230 cm³/mol. The molecule has 0 radical (unpaired) electrons. The number of phenols is 1. The van der Waals surface area contributed by atoms with E-state index in [9.17, 15) is 29.1 Å². The average molecular weight is 826 g/mol. The number of hydrogen-bond acceptors (Lipinski definition) is 10. The lowest BCUT2D eigenvalue weighted by atomic mass is 9.95. The number of nitrogens with one attached hydrogen (secondary N) is 3. The van der Waals surface area contributed by atoms with E-state index >= 15 is 0 Å². The van der Waals surface area contributed by atoms with Gasteiger partial charge in [0.05, 0.1) is 19.6 Å². The SMILES string of the molecule is COC(=O)C[C@H](NC(=O)[C@H](CCCCNC(=O)OC(C)(C)C)NC(=O)CCCN(C(=O)OC(C)(C)C)c1cc(C)ccn1)c1ccc(-c2ccc(O)c3ccccc23)cc1. The highest BCUT2D eigenvalue weighted by atomic mass is 16.6. The molecule has 0 spiro atoms. The molecular formula is C46H59N5O9. The lowest BCUT2D eigenvalue weighted by Gasteiger charge is -2.27. The van der Waals surface area contributed by atoms with E-state index < -0.39 is 53.3 Å². The molecule has 0 fully saturated rings. The fourth-order valence-electron chi connectivity index (χ4n) is 6.40. The van der Waals surface area contributed by atoms with Gasteiger partial charge in [-0.15, -0.1) is 0 Å². The van der Waals surface area contributed by atoms with Crippen molar-refractivity contribution in [1.29, 1.82) is 0 Å². The molecule has 14 heteroatoms. The molecule has 4 aromatic rings. The van der Waals surface area contributed by atoms with E-state index in [1.165, 1.54) is 12.0 Å². The summed E-state index contributed by atoms with van der Waals surface area (Å²) in [5, 5.41) is 20.5. The molecule has 0 unspecified atom stereocenters. The number of esters is 1. The van der Waals surface area contributed by atoms with Crippen molar-refractivity contribution in [2.75, 3.05) is 25.1 Å². The Morgan fingerprint density at radius 1 is 0.817 bits per heavy atom. The number of nitrogens with zero attached hydrogens (tertiary/aromatic N) is 2. The van der Waals surface area contributed by atoms with Gasteiger partial charge >= 0.3 is 18.2 Å². The second kappa shape index (κ2) is 21.2. The molecular weight excluding hydrogens is 767 g/mol. The van der Waals surface area contributed by atoms with Crippen LogP contribution in [-0.2, 0) is 28.6 Å². The molecule has 0 aliphatic heterocycles. The minimum Gasteiger partial charge on any atom is -0.507 e. The third-order valence-electron chi connectivity index (χ3n) is 9.26. The first-order chi connectivity index (χ1) is 28.3. The number of anilines is 1. The van der Waals surface area contributed by atoms with Crippen LogP contribution in [0.2, 0.25) is 0 Å². The Labute approximate surface area is 352 Å². The predicted octanol–water partition coefficient (Wildman–Crippen LogP) is 8.04. The van der Waals surface area contributed by atoms with Crippen LogP contribution < -0.4 is 20.9 Å². The number of ether oxygens (including phenoxy) is 3. The standard InChI is InChI=1S/C46H59N5O9/c1-30-24-26-47-39(28-30)51(44(57)60-46(5,6)7)27-13-17-40(53)49-36(16-11-12-25-48-43(56)59-45(2,3)4)42(55)50-37(29-41(54)58-8)32-20-18-31(19-21-32)33-22-23-38(52)35-15-10-9-14-34(33)35/h9-10,14-15,18-24,26,28,36-37,52H,11-13,16-17,25,27,29H2,1-8H3,(H,48,56)(H,49,53)(H,50,55)/t36-,37-/m0/s1. The van der Waals surface area contributed by atoms with Gasteiger partial charge in [0.25, 0.3) is 0 Å². The van der Waals surface area contributed by atoms with Crippen molar-refractivity contribution in [3.8, 4) is 16.9 Å². The van der Waals surface area contributed by atoms with Gasteiger partial charge < -0.3 is 35.3 Å². The number of pyridine rings is 1. The van der Waals surface area contributed by atoms with Gasteiger partial charge in [0.1, 0.15) is 28.8 Å². The zero-order valence-electron chi connectivity index (χ0n) is 35.9. The van der Waals surface area contributed by atoms with Crippen molar-refractivity contribution in [2.24, 2.45) is 0 Å². The number of alkyl carbamates (subject to hydrolysis) is 1. The number of amides is 4. The summed E-state index contributed by atoms with van der Waals surface area (Å²) >= 11 is 0. The Kier molecular flexibility index (Phi) is 16.4. The highest BCUT2D eigenvalue weighted by Crippen LogP contribution is 2.34. The van der Waals surface area contributed by atoms with Crippen LogP contribution in [0, 0.1) is 6.92 Å². The van der Waals surface area contributed by atoms with Crippen LogP contribution in [0.5, 0.6) is 5.75 Å². The molecule has 4 N–H and O–H groups in total. The molecule has 1 heterocycles. The van der Waals surface area contributed by atoms with Crippen molar-refractivity contribution in [1.82, 2.24) is 20.9 Å². The Morgan fingerprint density at radius 2 is 1.50 bits per heavy atom. The van der Waals surface area contributed by atoms with Crippen molar-refractivity contribution in [3.63, 3.8) is 0 Å². The van der Waals surface area contributed by atoms with Crippen LogP contribution in [0.15, 0.2) is 79.0 Å². The van der Waals surface area contributed by atoms with Crippen molar-refractivity contribution in [2.45, 2.75) is 110 Å². The summed E-state index contributed by atoms with van der Waals surface area (Å²) in [5.74, 6) is -0.901. The molecule has 0 saturated carbocycles. The minimum absolute atomic E-state index is 0.0198. The number of aromatic hydroxyl groups is 1. The molecule has 0 aliphatic rings. The number of benzene rings is 3. The largest absolute Gasteiger partial charge is 0.507 e. The number of fused-ring (bicyclic) bond motifs is 1. The lowest BCUT2D eigenvalue weighted by molar-refractivity contribution is -0.141. The van der Waals surface area contributed by atoms with E-state index in [2.05, 4.69) is 20.9 Å². The third kappa shape index (κ3) is 14.6. The van der Waals surface area contributed by atoms with E-state index in [0.717, 1.165) is 22.1 Å². The van der Waals surface area contributed by atoms with E-state index in [1.807, 2.05) is 67.6 Å². The first-order valence-electron chi connectivity index (χ1n) is 20.2. The normalized spacial score (nSPS) is 12.5. The summed E-state index contributed by atoms with van der Waals surface area (Å²) in [4.78, 5) is 71.3. The Bertz CT molecular complexity index is 2110. The van der Waals surface area contributed by atoms with Gasteiger partial charge in [-0.3, -0.25) is 19.3 Å². The molecule has 60 heavy (non-hydrogen) atoms. The molecule has 322 valence electrons. The second-order valence-corrected chi connectivity index (χ2v) is 16.6. The average Bonchev–Trinajstić information content (AvgIpc) is 3.17. The topological polar surface area (TPSA) is 185 Å². The van der Waals surface area contributed by atoms with Crippen LogP contribution >= 0.6 is 0 Å². The maximum atomic E-state index is 14.1. The number of hydrogen-bond donors (Lipinski definition) is 4. The van der Waals surface area contributed by atoms with Gasteiger partial charge in [-0.25, -0.2) is 14.6 Å². The monoisotopic (exact) mass is 825 g/mol. The summed E-state index contributed by atoms with van der Waals surface area (Å²) in [5.41, 5.74) is 1.89. The number of aryl methyl sites for hydroxylation is 1. The minimum atomic E-state index is -0.998. The first-order valence-corrected chi connectivity index (χ1v) is 20.2. The first kappa shape index (κ1) is 46.5. The smallest absolute Gasteiger partial charge is 0.416 e. The second-order valence-electron chi connectivity index (χ2n) is 16.6. The van der Waals surface area contributed by atoms with Gasteiger partial charge in [0.15, 0.2) is 0 Å². The fourth-order valence-corrected chi connectivity index (χ4v) is 6.40. The van der Waals surface area contributed by atoms with Crippen LogP contribution in [0.25, 0.3) is 21.9 Å². The van der Waals surface area contributed by atoms with Crippen LogP contribution in [0.3, 0.4) is 0 Å². The van der Waals surface area contributed by atoms with Gasteiger partial charge in [-0.1, -0.05) is 54.6 Å². The molecule has 0 bridgehead atoms. The maximum Gasteiger partial charge on any atom is 0.416 e. The van der Waals surface area contributed by atoms with Gasteiger partial charge in [-0.05, 0) is 120 Å². The molecule has 1 aromatic heterocycles. The van der Waals surface area contributed by atoms with Crippen LogP contribution in [-0.4, -0.2) is 77.5 Å². The highest BCUT2D eigenvalue weighted by Gasteiger charge is 2.28. The van der Waals surface area contributed by atoms with Crippen LogP contribution in [0.1, 0.15) is 97.2 Å². The molecule has 4 rings (SSSR count). The van der Waals surface area contributed by atoms with E-state index in [4.69, 9.17) is 14.2 Å². The quantitative estimate of drug-likeness (QED) is 0.0462. The molecule has 0 aliphatic carbocycles. The molecule has 2 atom stereocenters. The third-order valence-corrected chi connectivity index (χ3v) is 9.26. The maximum absolute atomic E-state index is 14.1. The van der Waals surface area contributed by atoms with E-state index in [0.29, 0.717) is 36.2 Å². The van der Waals surface area contributed by atoms with E-state index in [-0.39, 0.29) is 38.0 Å². The lowest BCUT2D eigenvalue weighted by Crippen LogP contribution is -2.48. The number of methoxy groups -OCH3 is 1. The number of rotatable bonds is 17. The van der Waals surface area contributed by atoms with Crippen LogP contribution in [0.4, 0.5) is 15.4 Å². The summed E-state index contributed by atoms with van der Waals surface area (Å²) in [6.45, 7) is 12.9. The summed E-state index contributed by atoms with van der Waals surface area (Å²) in [6.07, 6.45) is 1.67. The van der Waals surface area contributed by atoms with E-state index in [1.54, 1.807) is 59.9 Å². The van der Waals surface area contributed by atoms with Gasteiger partial charge in [0.2, 0.25) is 11.8 Å². The number of aromatic nitrogens is 1. The zero-order chi connectivity index (χ0) is 44.0. The summed E-state index contributed by atoms with van der Waals surface area (Å²) < 4.78 is 15.9. The summed E-state index contributed by atoms with van der Waals surface area (Å²) in [6, 6.07) is 20.2. The number of unbranched alkanes of at least 4 members (excludes halogenated alkanes) is 1. The number of phenolic OH excluding ortho intramolecular Hbond substituents is 1. The fraction of sp³-hybridized carbons (Fsp3) is 0.435. The number of carbonyl (C=O) groups excluding carboxylic acids is 5. The van der Waals surface area contributed by atoms with Crippen molar-refractivity contribution >= 4 is 46.6 Å². The zero-order valence-corrected chi connectivity index (χ0v) is 35.9. The number of carbonyl (C=O) groups is 5. The van der Waals surface area contributed by atoms with Gasteiger partial charge in [-0.2, -0.15) is 0 Å².